The standard InChI is InChI=1S/C13H16N4O/c1-9-5-10(7-11(14)6-9)13(18)15-8-12-3-4-17(2)16-12/h3-7H,8,14H2,1-2H3,(H,15,18). The second-order valence-electron chi connectivity index (χ2n) is 4.30. The van der Waals surface area contributed by atoms with E-state index in [9.17, 15) is 4.79 Å². The molecule has 0 aliphatic heterocycles. The van der Waals surface area contributed by atoms with Crippen molar-refractivity contribution in [3.05, 3.63) is 47.3 Å². The Hall–Kier alpha value is -2.30. The first-order valence-corrected chi connectivity index (χ1v) is 5.68. The Bertz CT molecular complexity index is 554. The number of nitrogens with one attached hydrogen (secondary N) is 1. The highest BCUT2D eigenvalue weighted by Crippen LogP contribution is 2.11. The number of hydrogen-bond donors (Lipinski definition) is 2. The lowest BCUT2D eigenvalue weighted by atomic mass is 10.1. The summed E-state index contributed by atoms with van der Waals surface area (Å²) in [7, 11) is 1.84. The lowest BCUT2D eigenvalue weighted by molar-refractivity contribution is 0.0950. The van der Waals surface area contributed by atoms with Gasteiger partial charge in [0.1, 0.15) is 0 Å². The molecule has 2 aromatic rings. The van der Waals surface area contributed by atoms with Crippen LogP contribution in [0.3, 0.4) is 0 Å². The van der Waals surface area contributed by atoms with Gasteiger partial charge in [-0.15, -0.1) is 0 Å². The molecule has 1 amide bonds. The van der Waals surface area contributed by atoms with Crippen molar-refractivity contribution in [2.24, 2.45) is 7.05 Å². The summed E-state index contributed by atoms with van der Waals surface area (Å²) >= 11 is 0. The molecule has 5 nitrogen and oxygen atoms in total. The van der Waals surface area contributed by atoms with Crippen molar-refractivity contribution in [1.82, 2.24) is 15.1 Å². The Morgan fingerprint density at radius 1 is 1.44 bits per heavy atom. The molecular formula is C13H16N4O. The van der Waals surface area contributed by atoms with Gasteiger partial charge in [-0.2, -0.15) is 5.10 Å². The first-order valence-electron chi connectivity index (χ1n) is 5.68. The van der Waals surface area contributed by atoms with E-state index in [0.717, 1.165) is 11.3 Å². The van der Waals surface area contributed by atoms with E-state index < -0.39 is 0 Å². The van der Waals surface area contributed by atoms with E-state index in [0.29, 0.717) is 17.8 Å². The number of rotatable bonds is 3. The van der Waals surface area contributed by atoms with Gasteiger partial charge < -0.3 is 11.1 Å². The van der Waals surface area contributed by atoms with Crippen LogP contribution in [0, 0.1) is 6.92 Å². The van der Waals surface area contributed by atoms with E-state index in [-0.39, 0.29) is 5.91 Å². The van der Waals surface area contributed by atoms with Gasteiger partial charge in [0.25, 0.3) is 5.91 Å². The highest BCUT2D eigenvalue weighted by molar-refractivity contribution is 5.95. The van der Waals surface area contributed by atoms with Crippen LogP contribution in [-0.4, -0.2) is 15.7 Å². The van der Waals surface area contributed by atoms with Gasteiger partial charge in [-0.1, -0.05) is 0 Å². The SMILES string of the molecule is Cc1cc(N)cc(C(=O)NCc2ccn(C)n2)c1. The number of nitrogens with two attached hydrogens (primary N) is 1. The van der Waals surface area contributed by atoms with Crippen LogP contribution < -0.4 is 11.1 Å². The molecule has 5 heteroatoms. The largest absolute Gasteiger partial charge is 0.399 e. The van der Waals surface area contributed by atoms with Crippen LogP contribution in [-0.2, 0) is 13.6 Å². The van der Waals surface area contributed by atoms with Crippen molar-refractivity contribution in [2.75, 3.05) is 5.73 Å². The molecule has 0 fully saturated rings. The Kier molecular flexibility index (Phi) is 3.32. The van der Waals surface area contributed by atoms with Gasteiger partial charge in [-0.25, -0.2) is 0 Å². The fourth-order valence-electron chi connectivity index (χ4n) is 1.77. The summed E-state index contributed by atoms with van der Waals surface area (Å²) in [6, 6.07) is 7.17. The quantitative estimate of drug-likeness (QED) is 0.798. The number of carbonyl (C=O) groups is 1. The topological polar surface area (TPSA) is 72.9 Å². The van der Waals surface area contributed by atoms with Gasteiger partial charge in [-0.3, -0.25) is 9.48 Å². The van der Waals surface area contributed by atoms with Gasteiger partial charge in [0.05, 0.1) is 12.2 Å². The summed E-state index contributed by atoms with van der Waals surface area (Å²) in [5.74, 6) is -0.143. The molecule has 0 aliphatic carbocycles. The van der Waals surface area contributed by atoms with E-state index in [1.807, 2.05) is 38.4 Å². The van der Waals surface area contributed by atoms with Gasteiger partial charge in [0.15, 0.2) is 0 Å². The van der Waals surface area contributed by atoms with Crippen LogP contribution in [0.25, 0.3) is 0 Å². The van der Waals surface area contributed by atoms with E-state index in [2.05, 4.69) is 10.4 Å². The van der Waals surface area contributed by atoms with E-state index in [1.54, 1.807) is 10.7 Å². The molecule has 1 aromatic heterocycles. The number of aryl methyl sites for hydroxylation is 2. The van der Waals surface area contributed by atoms with E-state index in [4.69, 9.17) is 5.73 Å². The van der Waals surface area contributed by atoms with Crippen molar-refractivity contribution < 1.29 is 4.79 Å². The molecule has 3 N–H and O–H groups in total. The molecule has 1 heterocycles. The Morgan fingerprint density at radius 3 is 2.83 bits per heavy atom. The molecule has 0 atom stereocenters. The number of benzene rings is 1. The number of hydrogen-bond acceptors (Lipinski definition) is 3. The van der Waals surface area contributed by atoms with Crippen molar-refractivity contribution in [3.8, 4) is 0 Å². The van der Waals surface area contributed by atoms with Crippen LogP contribution in [0.5, 0.6) is 0 Å². The zero-order valence-corrected chi connectivity index (χ0v) is 10.5. The second kappa shape index (κ2) is 4.91. The summed E-state index contributed by atoms with van der Waals surface area (Å²) in [4.78, 5) is 11.9. The normalized spacial score (nSPS) is 10.3. The van der Waals surface area contributed by atoms with Crippen molar-refractivity contribution in [1.29, 1.82) is 0 Å². The minimum Gasteiger partial charge on any atom is -0.399 e. The van der Waals surface area contributed by atoms with Crippen molar-refractivity contribution in [2.45, 2.75) is 13.5 Å². The van der Waals surface area contributed by atoms with E-state index in [1.165, 1.54) is 0 Å². The number of aromatic nitrogens is 2. The Balaban J connectivity index is 2.03. The van der Waals surface area contributed by atoms with Gasteiger partial charge in [0, 0.05) is 24.5 Å². The molecular weight excluding hydrogens is 228 g/mol. The van der Waals surface area contributed by atoms with Gasteiger partial charge in [0.2, 0.25) is 0 Å². The number of nitrogens with zero attached hydrogens (tertiary/aromatic N) is 2. The zero-order valence-electron chi connectivity index (χ0n) is 10.5. The molecule has 0 saturated carbocycles. The molecule has 0 aliphatic rings. The number of nitrogen functional groups attached to an aromatic ring is 1. The minimum absolute atomic E-state index is 0.143. The van der Waals surface area contributed by atoms with Crippen LogP contribution in [0.4, 0.5) is 5.69 Å². The summed E-state index contributed by atoms with van der Waals surface area (Å²) in [5.41, 5.74) is 8.68. The fraction of sp³-hybridized carbons (Fsp3) is 0.231. The number of anilines is 1. The predicted octanol–water partition coefficient (Wildman–Crippen LogP) is 1.24. The van der Waals surface area contributed by atoms with Gasteiger partial charge in [-0.05, 0) is 36.8 Å². The lowest BCUT2D eigenvalue weighted by Crippen LogP contribution is -2.23. The molecule has 0 unspecified atom stereocenters. The maximum Gasteiger partial charge on any atom is 0.251 e. The molecule has 0 radical (unpaired) electrons. The average molecular weight is 244 g/mol. The molecule has 2 rings (SSSR count). The molecule has 18 heavy (non-hydrogen) atoms. The van der Waals surface area contributed by atoms with Gasteiger partial charge >= 0.3 is 0 Å². The average Bonchev–Trinajstić information content (AvgIpc) is 2.70. The first kappa shape index (κ1) is 12.2. The second-order valence-corrected chi connectivity index (χ2v) is 4.30. The first-order chi connectivity index (χ1) is 8.54. The van der Waals surface area contributed by atoms with Crippen LogP contribution >= 0.6 is 0 Å². The minimum atomic E-state index is -0.143. The third kappa shape index (κ3) is 2.88. The Labute approximate surface area is 106 Å². The monoisotopic (exact) mass is 244 g/mol. The highest BCUT2D eigenvalue weighted by atomic mass is 16.1. The molecule has 94 valence electrons. The fourth-order valence-corrected chi connectivity index (χ4v) is 1.77. The van der Waals surface area contributed by atoms with Crippen molar-refractivity contribution in [3.63, 3.8) is 0 Å². The number of carbonyl (C=O) groups excluding carboxylic acids is 1. The summed E-state index contributed by atoms with van der Waals surface area (Å²) < 4.78 is 1.70. The third-order valence-corrected chi connectivity index (χ3v) is 2.56. The third-order valence-electron chi connectivity index (χ3n) is 2.56. The van der Waals surface area contributed by atoms with Crippen LogP contribution in [0.15, 0.2) is 30.5 Å². The highest BCUT2D eigenvalue weighted by Gasteiger charge is 2.07. The number of amides is 1. The molecule has 0 spiro atoms. The van der Waals surface area contributed by atoms with E-state index >= 15 is 0 Å². The maximum absolute atomic E-state index is 11.9. The van der Waals surface area contributed by atoms with Crippen LogP contribution in [0.2, 0.25) is 0 Å². The zero-order chi connectivity index (χ0) is 13.1. The smallest absolute Gasteiger partial charge is 0.251 e. The molecule has 0 saturated heterocycles. The predicted molar refractivity (Wildman–Crippen MR) is 70.0 cm³/mol. The summed E-state index contributed by atoms with van der Waals surface area (Å²) in [6.07, 6.45) is 1.84. The maximum atomic E-state index is 11.9. The Morgan fingerprint density at radius 2 is 2.22 bits per heavy atom. The van der Waals surface area contributed by atoms with Crippen molar-refractivity contribution >= 4 is 11.6 Å². The molecule has 1 aromatic carbocycles. The molecule has 0 bridgehead atoms. The van der Waals surface area contributed by atoms with Crippen LogP contribution in [0.1, 0.15) is 21.6 Å². The lowest BCUT2D eigenvalue weighted by Gasteiger charge is -2.05. The summed E-state index contributed by atoms with van der Waals surface area (Å²) in [6.45, 7) is 2.32. The summed E-state index contributed by atoms with van der Waals surface area (Å²) in [5, 5.41) is 7.00.